The van der Waals surface area contributed by atoms with Gasteiger partial charge in [-0.2, -0.15) is 0 Å². The summed E-state index contributed by atoms with van der Waals surface area (Å²) in [7, 11) is 0. The Morgan fingerprint density at radius 1 is 0.471 bits per heavy atom. The fraction of sp³-hybridized carbons (Fsp3) is 0.0612. The van der Waals surface area contributed by atoms with Crippen LogP contribution in [0.1, 0.15) is 25.0 Å². The zero-order chi connectivity index (χ0) is 34.1. The Hall–Kier alpha value is -6.38. The van der Waals surface area contributed by atoms with Gasteiger partial charge in [-0.15, -0.1) is 0 Å². The molecule has 1 aliphatic carbocycles. The lowest BCUT2D eigenvalue weighted by Crippen LogP contribution is -2.17. The molecule has 10 rings (SSSR count). The van der Waals surface area contributed by atoms with E-state index in [0.717, 1.165) is 22.7 Å². The number of fused-ring (bicyclic) bond motifs is 7. The lowest BCUT2D eigenvalue weighted by molar-refractivity contribution is 0.660. The number of aromatic nitrogens is 1. The molecule has 0 amide bonds. The monoisotopic (exact) mass is 652 g/mol. The fourth-order valence-corrected chi connectivity index (χ4v) is 8.56. The number of rotatable bonds is 5. The lowest BCUT2D eigenvalue weighted by atomic mass is 9.82. The first-order valence-electron chi connectivity index (χ1n) is 17.8. The third-order valence-electron chi connectivity index (χ3n) is 10.9. The minimum Gasteiger partial charge on any atom is -0.310 e. The quantitative estimate of drug-likeness (QED) is 0.180. The van der Waals surface area contributed by atoms with Crippen molar-refractivity contribution >= 4 is 49.6 Å². The van der Waals surface area contributed by atoms with Crippen molar-refractivity contribution in [2.75, 3.05) is 4.90 Å². The van der Waals surface area contributed by atoms with Crippen LogP contribution in [0.3, 0.4) is 0 Å². The highest BCUT2D eigenvalue weighted by Crippen LogP contribution is 2.52. The van der Waals surface area contributed by atoms with Gasteiger partial charge in [-0.1, -0.05) is 135 Å². The maximum atomic E-state index is 2.47. The van der Waals surface area contributed by atoms with Gasteiger partial charge < -0.3 is 9.47 Å². The molecule has 0 unspecified atom stereocenters. The highest BCUT2D eigenvalue weighted by molar-refractivity contribution is 6.19. The van der Waals surface area contributed by atoms with Gasteiger partial charge in [-0.05, 0) is 99.3 Å². The van der Waals surface area contributed by atoms with Crippen LogP contribution < -0.4 is 4.90 Å². The fourth-order valence-electron chi connectivity index (χ4n) is 8.56. The molecule has 0 radical (unpaired) electrons. The van der Waals surface area contributed by atoms with Crippen molar-refractivity contribution in [2.24, 2.45) is 0 Å². The molecule has 0 spiro atoms. The number of hydrogen-bond donors (Lipinski definition) is 0. The standard InChI is InChI=1S/C49H36N2/c1-49(2)42-23-13-11-21-39(42)40-28-27-38(32-43(40)49)50(36-17-5-3-6-18-36)45-29-30-46-48(47(45)35-26-25-33-15-9-10-16-34(33)31-35)41-22-12-14-24-44(41)51(46)37-19-7-4-8-20-37/h3-32H,1-2H3. The van der Waals surface area contributed by atoms with Crippen LogP contribution >= 0.6 is 0 Å². The van der Waals surface area contributed by atoms with Crippen LogP contribution in [-0.4, -0.2) is 4.57 Å². The van der Waals surface area contributed by atoms with Gasteiger partial charge in [0, 0.05) is 38.8 Å². The number of para-hydroxylation sites is 3. The van der Waals surface area contributed by atoms with Gasteiger partial charge in [-0.3, -0.25) is 0 Å². The van der Waals surface area contributed by atoms with E-state index in [1.165, 1.54) is 66.0 Å². The topological polar surface area (TPSA) is 8.17 Å². The molecular formula is C49H36N2. The molecule has 9 aromatic rings. The molecule has 1 aromatic heterocycles. The zero-order valence-corrected chi connectivity index (χ0v) is 28.7. The molecule has 0 fully saturated rings. The normalized spacial score (nSPS) is 13.1. The summed E-state index contributed by atoms with van der Waals surface area (Å²) < 4.78 is 2.42. The van der Waals surface area contributed by atoms with Gasteiger partial charge >= 0.3 is 0 Å². The zero-order valence-electron chi connectivity index (χ0n) is 28.7. The van der Waals surface area contributed by atoms with Crippen molar-refractivity contribution in [3.8, 4) is 27.9 Å². The van der Waals surface area contributed by atoms with Gasteiger partial charge in [0.15, 0.2) is 0 Å². The van der Waals surface area contributed by atoms with Gasteiger partial charge in [0.05, 0.1) is 16.7 Å². The summed E-state index contributed by atoms with van der Waals surface area (Å²) in [6.45, 7) is 4.72. The molecule has 8 aromatic carbocycles. The average molecular weight is 653 g/mol. The Morgan fingerprint density at radius 3 is 2.00 bits per heavy atom. The van der Waals surface area contributed by atoms with Crippen LogP contribution in [0.4, 0.5) is 17.1 Å². The van der Waals surface area contributed by atoms with Gasteiger partial charge in [0.1, 0.15) is 0 Å². The van der Waals surface area contributed by atoms with Gasteiger partial charge in [0.25, 0.3) is 0 Å². The van der Waals surface area contributed by atoms with Crippen molar-refractivity contribution in [3.63, 3.8) is 0 Å². The molecule has 1 aliphatic rings. The van der Waals surface area contributed by atoms with Crippen LogP contribution in [0, 0.1) is 0 Å². The number of nitrogens with zero attached hydrogens (tertiary/aromatic N) is 2. The third-order valence-corrected chi connectivity index (χ3v) is 10.9. The summed E-state index contributed by atoms with van der Waals surface area (Å²) in [4.78, 5) is 2.47. The van der Waals surface area contributed by atoms with Crippen molar-refractivity contribution in [3.05, 3.63) is 193 Å². The van der Waals surface area contributed by atoms with Gasteiger partial charge in [-0.25, -0.2) is 0 Å². The minimum atomic E-state index is -0.113. The van der Waals surface area contributed by atoms with E-state index in [-0.39, 0.29) is 5.41 Å². The third kappa shape index (κ3) is 4.50. The molecule has 0 saturated heterocycles. The predicted octanol–water partition coefficient (Wildman–Crippen LogP) is 13.4. The van der Waals surface area contributed by atoms with Crippen molar-refractivity contribution in [1.82, 2.24) is 4.57 Å². The molecule has 0 atom stereocenters. The second-order valence-corrected chi connectivity index (χ2v) is 14.2. The lowest BCUT2D eigenvalue weighted by Gasteiger charge is -2.30. The van der Waals surface area contributed by atoms with Crippen LogP contribution in [0.5, 0.6) is 0 Å². The van der Waals surface area contributed by atoms with E-state index in [2.05, 4.69) is 205 Å². The maximum absolute atomic E-state index is 2.47. The Morgan fingerprint density at radius 2 is 1.16 bits per heavy atom. The number of benzene rings is 8. The molecule has 1 heterocycles. The SMILES string of the molecule is CC1(C)c2ccccc2-c2ccc(N(c3ccccc3)c3ccc4c(c3-c3ccc5ccccc5c3)c3ccccc3n4-c3ccccc3)cc21. The summed E-state index contributed by atoms with van der Waals surface area (Å²) in [5.41, 5.74) is 14.7. The highest BCUT2D eigenvalue weighted by Gasteiger charge is 2.36. The molecule has 0 saturated carbocycles. The molecule has 51 heavy (non-hydrogen) atoms. The summed E-state index contributed by atoms with van der Waals surface area (Å²) in [5, 5.41) is 4.95. The van der Waals surface area contributed by atoms with E-state index in [9.17, 15) is 0 Å². The maximum Gasteiger partial charge on any atom is 0.0548 e. The summed E-state index contributed by atoms with van der Waals surface area (Å²) in [6, 6.07) is 66.7. The molecule has 0 aliphatic heterocycles. The van der Waals surface area contributed by atoms with E-state index >= 15 is 0 Å². The van der Waals surface area contributed by atoms with E-state index in [1.54, 1.807) is 0 Å². The van der Waals surface area contributed by atoms with Gasteiger partial charge in [0.2, 0.25) is 0 Å². The van der Waals surface area contributed by atoms with Crippen LogP contribution in [0.15, 0.2) is 182 Å². The molecular weight excluding hydrogens is 617 g/mol. The Bertz CT molecular complexity index is 2770. The largest absolute Gasteiger partial charge is 0.310 e. The first kappa shape index (κ1) is 29.5. The minimum absolute atomic E-state index is 0.113. The molecule has 0 bridgehead atoms. The number of hydrogen-bond acceptors (Lipinski definition) is 1. The first-order chi connectivity index (χ1) is 25.1. The number of anilines is 3. The summed E-state index contributed by atoms with van der Waals surface area (Å²) in [5.74, 6) is 0. The Labute approximate surface area is 298 Å². The smallest absolute Gasteiger partial charge is 0.0548 e. The molecule has 2 nitrogen and oxygen atoms in total. The van der Waals surface area contributed by atoms with Crippen molar-refractivity contribution < 1.29 is 0 Å². The highest BCUT2D eigenvalue weighted by atomic mass is 15.1. The first-order valence-corrected chi connectivity index (χ1v) is 17.8. The van der Waals surface area contributed by atoms with E-state index in [4.69, 9.17) is 0 Å². The second-order valence-electron chi connectivity index (χ2n) is 14.2. The predicted molar refractivity (Wildman–Crippen MR) is 216 cm³/mol. The van der Waals surface area contributed by atoms with Crippen LogP contribution in [-0.2, 0) is 5.41 Å². The molecule has 242 valence electrons. The van der Waals surface area contributed by atoms with Crippen molar-refractivity contribution in [2.45, 2.75) is 19.3 Å². The molecule has 2 heteroatoms. The second kappa shape index (κ2) is 11.3. The van der Waals surface area contributed by atoms with E-state index in [0.29, 0.717) is 0 Å². The van der Waals surface area contributed by atoms with E-state index < -0.39 is 0 Å². The Kier molecular flexibility index (Phi) is 6.56. The Balaban J connectivity index is 1.31. The van der Waals surface area contributed by atoms with Crippen LogP contribution in [0.2, 0.25) is 0 Å². The summed E-state index contributed by atoms with van der Waals surface area (Å²) >= 11 is 0. The van der Waals surface area contributed by atoms with Crippen LogP contribution in [0.25, 0.3) is 60.5 Å². The average Bonchev–Trinajstić information content (AvgIpc) is 3.64. The molecule has 0 N–H and O–H groups in total. The van der Waals surface area contributed by atoms with E-state index in [1.807, 2.05) is 0 Å². The van der Waals surface area contributed by atoms with Crippen molar-refractivity contribution in [1.29, 1.82) is 0 Å². The summed E-state index contributed by atoms with van der Waals surface area (Å²) in [6.07, 6.45) is 0.